The summed E-state index contributed by atoms with van der Waals surface area (Å²) in [5.74, 6) is 2.75. The van der Waals surface area contributed by atoms with Crippen molar-refractivity contribution in [1.29, 1.82) is 0 Å². The number of allylic oxidation sites excluding steroid dienone is 1. The van der Waals surface area contributed by atoms with Crippen molar-refractivity contribution < 1.29 is 14.4 Å². The molecular weight excluding hydrogens is 438 g/mol. The average Bonchev–Trinajstić information content (AvgIpc) is 3.20. The lowest BCUT2D eigenvalue weighted by Gasteiger charge is -2.58. The maximum absolute atomic E-state index is 12.6. The summed E-state index contributed by atoms with van der Waals surface area (Å²) in [6.07, 6.45) is 13.8. The average molecular weight is 478 g/mol. The van der Waals surface area contributed by atoms with E-state index >= 15 is 0 Å². The van der Waals surface area contributed by atoms with Gasteiger partial charge >= 0.3 is 6.09 Å². The highest BCUT2D eigenvalue weighted by molar-refractivity contribution is 5.91. The molecule has 1 amide bonds. The van der Waals surface area contributed by atoms with Gasteiger partial charge in [0.25, 0.3) is 0 Å². The molecule has 3 fully saturated rings. The number of fused-ring (bicyclic) bond motifs is 5. The van der Waals surface area contributed by atoms with Gasteiger partial charge in [-0.3, -0.25) is 14.6 Å². The number of rotatable bonds is 4. The molecule has 4 aliphatic rings. The molecule has 0 N–H and O–H groups in total. The Hall–Kier alpha value is -2.50. The van der Waals surface area contributed by atoms with Gasteiger partial charge in [0.05, 0.1) is 12.3 Å². The fourth-order valence-electron chi connectivity index (χ4n) is 8.32. The van der Waals surface area contributed by atoms with Crippen LogP contribution in [0.5, 0.6) is 0 Å². The Bertz CT molecular complexity index is 1050. The minimum Gasteiger partial charge on any atom is -0.305 e. The highest BCUT2D eigenvalue weighted by Gasteiger charge is 2.59. The van der Waals surface area contributed by atoms with Crippen molar-refractivity contribution in [2.45, 2.75) is 78.7 Å². The highest BCUT2D eigenvalue weighted by atomic mass is 16.7. The molecule has 1 heterocycles. The van der Waals surface area contributed by atoms with E-state index in [9.17, 15) is 9.59 Å². The van der Waals surface area contributed by atoms with Crippen LogP contribution in [0.25, 0.3) is 0 Å². The zero-order chi connectivity index (χ0) is 24.8. The van der Waals surface area contributed by atoms with E-state index in [1.54, 1.807) is 19.4 Å². The van der Waals surface area contributed by atoms with Gasteiger partial charge in [-0.25, -0.2) is 4.79 Å². The molecule has 188 valence electrons. The normalized spacial score (nSPS) is 36.5. The van der Waals surface area contributed by atoms with Crippen molar-refractivity contribution in [1.82, 2.24) is 9.88 Å². The summed E-state index contributed by atoms with van der Waals surface area (Å²) in [4.78, 5) is 35.7. The zero-order valence-corrected chi connectivity index (χ0v) is 21.6. The minimum absolute atomic E-state index is 0.199. The molecule has 0 saturated heterocycles. The number of hydrogen-bond acceptors (Lipinski definition) is 5. The molecule has 6 atom stereocenters. The second kappa shape index (κ2) is 9.18. The Balaban J connectivity index is 1.26. The first kappa shape index (κ1) is 24.2. The predicted molar refractivity (Wildman–Crippen MR) is 135 cm³/mol. The summed E-state index contributed by atoms with van der Waals surface area (Å²) < 4.78 is 0. The van der Waals surface area contributed by atoms with Crippen molar-refractivity contribution in [2.75, 3.05) is 7.05 Å². The van der Waals surface area contributed by atoms with E-state index in [1.165, 1.54) is 36.2 Å². The van der Waals surface area contributed by atoms with Gasteiger partial charge in [0, 0.05) is 31.8 Å². The van der Waals surface area contributed by atoms with Crippen LogP contribution in [0, 0.1) is 34.5 Å². The van der Waals surface area contributed by atoms with Crippen LogP contribution in [0.15, 0.2) is 41.3 Å². The molecule has 35 heavy (non-hydrogen) atoms. The van der Waals surface area contributed by atoms with E-state index < -0.39 is 6.09 Å². The summed E-state index contributed by atoms with van der Waals surface area (Å²) in [5.41, 5.74) is 3.73. The van der Waals surface area contributed by atoms with Crippen molar-refractivity contribution in [3.8, 4) is 0 Å². The summed E-state index contributed by atoms with van der Waals surface area (Å²) >= 11 is 0. The third kappa shape index (κ3) is 4.23. The Kier molecular flexibility index (Phi) is 6.35. The maximum atomic E-state index is 12.6. The predicted octanol–water partition coefficient (Wildman–Crippen LogP) is 6.17. The van der Waals surface area contributed by atoms with Crippen LogP contribution < -0.4 is 0 Å². The maximum Gasteiger partial charge on any atom is 0.436 e. The Morgan fingerprint density at radius 1 is 1.17 bits per heavy atom. The molecule has 1 aromatic heterocycles. The van der Waals surface area contributed by atoms with Crippen molar-refractivity contribution in [3.63, 3.8) is 0 Å². The summed E-state index contributed by atoms with van der Waals surface area (Å²) in [5, 5.41) is 4.36. The summed E-state index contributed by atoms with van der Waals surface area (Å²) in [6, 6.07) is 3.80. The van der Waals surface area contributed by atoms with Gasteiger partial charge in [-0.1, -0.05) is 30.6 Å². The van der Waals surface area contributed by atoms with Gasteiger partial charge in [0.15, 0.2) is 5.78 Å². The molecule has 4 aliphatic carbocycles. The molecule has 0 unspecified atom stereocenters. The lowest BCUT2D eigenvalue weighted by molar-refractivity contribution is -0.117. The minimum atomic E-state index is -0.442. The third-order valence-corrected chi connectivity index (χ3v) is 10.2. The number of hydrogen-bond donors (Lipinski definition) is 0. The van der Waals surface area contributed by atoms with Gasteiger partial charge in [-0.15, -0.1) is 0 Å². The number of carbonyl (C=O) groups excluding carboxylic acids is 2. The van der Waals surface area contributed by atoms with Crippen LogP contribution >= 0.6 is 0 Å². The number of amides is 1. The van der Waals surface area contributed by atoms with E-state index in [1.807, 2.05) is 25.1 Å². The number of nitrogens with zero attached hydrogens (tertiary/aromatic N) is 3. The quantitative estimate of drug-likeness (QED) is 0.295. The van der Waals surface area contributed by atoms with E-state index in [4.69, 9.17) is 4.84 Å². The molecule has 0 aliphatic heterocycles. The highest BCUT2D eigenvalue weighted by Crippen LogP contribution is 2.66. The Labute approximate surface area is 209 Å². The molecule has 6 nitrogen and oxygen atoms in total. The number of pyridine rings is 1. The molecular formula is C29H39N3O3. The molecule has 0 bridgehead atoms. The Morgan fingerprint density at radius 3 is 2.77 bits per heavy atom. The van der Waals surface area contributed by atoms with E-state index in [0.29, 0.717) is 36.5 Å². The topological polar surface area (TPSA) is 71.9 Å². The second-order valence-electron chi connectivity index (χ2n) is 12.0. The van der Waals surface area contributed by atoms with Crippen LogP contribution in [0.4, 0.5) is 4.79 Å². The van der Waals surface area contributed by atoms with Crippen LogP contribution in [-0.4, -0.2) is 34.5 Å². The van der Waals surface area contributed by atoms with E-state index in [2.05, 4.69) is 24.0 Å². The van der Waals surface area contributed by atoms with Crippen LogP contribution in [0.1, 0.15) is 77.7 Å². The lowest BCUT2D eigenvalue weighted by atomic mass is 9.46. The van der Waals surface area contributed by atoms with Gasteiger partial charge in [-0.05, 0) is 98.2 Å². The largest absolute Gasteiger partial charge is 0.436 e. The molecule has 6 heteroatoms. The first-order chi connectivity index (χ1) is 16.7. The fourth-order valence-corrected chi connectivity index (χ4v) is 8.32. The first-order valence-corrected chi connectivity index (χ1v) is 13.3. The Morgan fingerprint density at radius 2 is 2.00 bits per heavy atom. The number of carbonyl (C=O) groups is 2. The van der Waals surface area contributed by atoms with E-state index in [-0.39, 0.29) is 10.8 Å². The van der Waals surface area contributed by atoms with Gasteiger partial charge in [0.1, 0.15) is 0 Å². The molecule has 0 radical (unpaired) electrons. The number of aromatic nitrogens is 1. The summed E-state index contributed by atoms with van der Waals surface area (Å²) in [6.45, 7) is 7.37. The SMILES string of the molecule is C/C(=N\OC(=O)N(C)Cc1cccnc1)[C@H]1CC[C@H]2[C@@H]3CCC4=CC(=O)CC[C@]4(C)[C@H]3CC[C@]12C. The lowest BCUT2D eigenvalue weighted by Crippen LogP contribution is -2.51. The van der Waals surface area contributed by atoms with Gasteiger partial charge in [-0.2, -0.15) is 0 Å². The molecule has 0 aromatic carbocycles. The fraction of sp³-hybridized carbons (Fsp3) is 0.655. The third-order valence-electron chi connectivity index (χ3n) is 10.2. The van der Waals surface area contributed by atoms with Crippen LogP contribution in [0.3, 0.4) is 0 Å². The van der Waals surface area contributed by atoms with Crippen LogP contribution in [0.2, 0.25) is 0 Å². The molecule has 1 aromatic rings. The second-order valence-corrected chi connectivity index (χ2v) is 12.0. The molecule has 5 rings (SSSR count). The van der Waals surface area contributed by atoms with Crippen LogP contribution in [-0.2, 0) is 16.2 Å². The smallest absolute Gasteiger partial charge is 0.305 e. The number of ketones is 1. The van der Waals surface area contributed by atoms with Gasteiger partial charge in [0.2, 0.25) is 0 Å². The molecule has 3 saturated carbocycles. The standard InChI is InChI=1S/C29H39N3O3/c1-19(31-35-27(34)32(4)18-20-6-5-15-30-17-20)24-9-10-25-23-8-7-21-16-22(33)11-13-28(21,2)26(23)12-14-29(24,25)3/h5-6,15-17,23-26H,7-14,18H2,1-4H3/b31-19+/t23-,24+,25-,26-,28-,29+/m0/s1. The monoisotopic (exact) mass is 477 g/mol. The van der Waals surface area contributed by atoms with Crippen molar-refractivity contribution in [2.24, 2.45) is 39.7 Å². The zero-order valence-electron chi connectivity index (χ0n) is 21.6. The molecule has 0 spiro atoms. The van der Waals surface area contributed by atoms with Crippen molar-refractivity contribution >= 4 is 17.6 Å². The number of oxime groups is 1. The van der Waals surface area contributed by atoms with Crippen molar-refractivity contribution in [3.05, 3.63) is 41.7 Å². The van der Waals surface area contributed by atoms with Gasteiger partial charge < -0.3 is 4.90 Å². The summed E-state index contributed by atoms with van der Waals surface area (Å²) in [7, 11) is 1.72. The first-order valence-electron chi connectivity index (χ1n) is 13.3. The van der Waals surface area contributed by atoms with E-state index in [0.717, 1.165) is 36.5 Å².